The third-order valence-corrected chi connectivity index (χ3v) is 6.04. The maximum Gasteiger partial charge on any atom is 0.412 e. The summed E-state index contributed by atoms with van der Waals surface area (Å²) in [7, 11) is 0. The minimum Gasteiger partial charge on any atom is -0.508 e. The standard InChI is InChI=1S/C30H26BrN3O5/c31-21-12-14-22(15-13-21)33-30(37)39-29(20-10-16-23(35)17-11-20)27(38-24-6-2-1-3-7-24)18-19-28(36)34-26-9-5-4-8-25(26)32/h1-19,27,29,35H,32H2,(H,33,37)(H,34,36)/b19-18+/t27-,29-/m1/s1. The van der Waals surface area contributed by atoms with Crippen molar-refractivity contribution in [2.24, 2.45) is 0 Å². The molecule has 0 bridgehead atoms. The molecule has 8 nitrogen and oxygen atoms in total. The highest BCUT2D eigenvalue weighted by Gasteiger charge is 2.28. The number of halogens is 1. The molecule has 0 unspecified atom stereocenters. The van der Waals surface area contributed by atoms with Crippen LogP contribution < -0.4 is 21.1 Å². The Kier molecular flexibility index (Phi) is 9.20. The second-order valence-electron chi connectivity index (χ2n) is 8.38. The van der Waals surface area contributed by atoms with Crippen LogP contribution in [0, 0.1) is 0 Å². The summed E-state index contributed by atoms with van der Waals surface area (Å²) in [5, 5.41) is 15.2. The lowest BCUT2D eigenvalue weighted by Gasteiger charge is -2.26. The van der Waals surface area contributed by atoms with Crippen LogP contribution in [0.25, 0.3) is 0 Å². The lowest BCUT2D eigenvalue weighted by atomic mass is 10.0. The third-order valence-electron chi connectivity index (χ3n) is 5.52. The van der Waals surface area contributed by atoms with Crippen molar-refractivity contribution in [2.45, 2.75) is 12.2 Å². The molecule has 0 saturated carbocycles. The summed E-state index contributed by atoms with van der Waals surface area (Å²) in [5.41, 5.74) is 7.90. The van der Waals surface area contributed by atoms with Gasteiger partial charge in [0.25, 0.3) is 0 Å². The molecule has 0 aromatic heterocycles. The van der Waals surface area contributed by atoms with Crippen LogP contribution in [0.2, 0.25) is 0 Å². The van der Waals surface area contributed by atoms with Crippen molar-refractivity contribution in [3.05, 3.63) is 125 Å². The Morgan fingerprint density at radius 1 is 0.846 bits per heavy atom. The molecule has 0 heterocycles. The Balaban J connectivity index is 1.62. The first-order valence-corrected chi connectivity index (χ1v) is 12.7. The van der Waals surface area contributed by atoms with E-state index in [-0.39, 0.29) is 5.75 Å². The predicted molar refractivity (Wildman–Crippen MR) is 155 cm³/mol. The quantitative estimate of drug-likeness (QED) is 0.128. The number of nitrogen functional groups attached to an aromatic ring is 1. The van der Waals surface area contributed by atoms with Gasteiger partial charge < -0.3 is 25.6 Å². The predicted octanol–water partition coefficient (Wildman–Crippen LogP) is 6.67. The second kappa shape index (κ2) is 13.2. The highest BCUT2D eigenvalue weighted by atomic mass is 79.9. The van der Waals surface area contributed by atoms with E-state index in [9.17, 15) is 14.7 Å². The normalized spacial score (nSPS) is 12.3. The van der Waals surface area contributed by atoms with Crippen LogP contribution in [0.3, 0.4) is 0 Å². The molecule has 0 aliphatic heterocycles. The van der Waals surface area contributed by atoms with Crippen LogP contribution in [-0.2, 0) is 9.53 Å². The van der Waals surface area contributed by atoms with Crippen LogP contribution >= 0.6 is 15.9 Å². The number of nitrogens with one attached hydrogen (secondary N) is 2. The van der Waals surface area contributed by atoms with Crippen molar-refractivity contribution in [3.63, 3.8) is 0 Å². The third kappa shape index (κ3) is 8.11. The molecule has 2 amide bonds. The molecule has 4 aromatic carbocycles. The van der Waals surface area contributed by atoms with Gasteiger partial charge in [-0.25, -0.2) is 4.79 Å². The van der Waals surface area contributed by atoms with E-state index < -0.39 is 24.2 Å². The lowest BCUT2D eigenvalue weighted by molar-refractivity contribution is -0.112. The number of carbonyl (C=O) groups excluding carboxylic acids is 2. The maximum absolute atomic E-state index is 13.0. The van der Waals surface area contributed by atoms with Gasteiger partial charge in [0.1, 0.15) is 11.5 Å². The summed E-state index contributed by atoms with van der Waals surface area (Å²) >= 11 is 3.36. The van der Waals surface area contributed by atoms with E-state index in [1.54, 1.807) is 84.9 Å². The number of anilines is 3. The largest absolute Gasteiger partial charge is 0.508 e. The number of phenolic OH excluding ortho intramolecular Hbond substituents is 1. The minimum atomic E-state index is -0.993. The topological polar surface area (TPSA) is 123 Å². The summed E-state index contributed by atoms with van der Waals surface area (Å²) in [6.07, 6.45) is 0.153. The maximum atomic E-state index is 13.0. The fourth-order valence-corrected chi connectivity index (χ4v) is 3.87. The zero-order valence-electron chi connectivity index (χ0n) is 20.7. The number of carbonyl (C=O) groups is 2. The second-order valence-corrected chi connectivity index (χ2v) is 9.30. The zero-order chi connectivity index (χ0) is 27.6. The van der Waals surface area contributed by atoms with Crippen molar-refractivity contribution < 1.29 is 24.2 Å². The van der Waals surface area contributed by atoms with Crippen LogP contribution in [0.5, 0.6) is 11.5 Å². The molecule has 0 saturated heterocycles. The Labute approximate surface area is 234 Å². The van der Waals surface area contributed by atoms with Crippen molar-refractivity contribution >= 4 is 45.0 Å². The van der Waals surface area contributed by atoms with E-state index in [1.807, 2.05) is 6.07 Å². The van der Waals surface area contributed by atoms with Crippen molar-refractivity contribution in [1.82, 2.24) is 0 Å². The Hall–Kier alpha value is -4.76. The Morgan fingerprint density at radius 3 is 2.21 bits per heavy atom. The van der Waals surface area contributed by atoms with E-state index in [0.717, 1.165) is 4.47 Å². The monoisotopic (exact) mass is 587 g/mol. The molecule has 0 radical (unpaired) electrons. The smallest absolute Gasteiger partial charge is 0.412 e. The van der Waals surface area contributed by atoms with Gasteiger partial charge in [0.15, 0.2) is 12.2 Å². The van der Waals surface area contributed by atoms with Gasteiger partial charge in [-0.3, -0.25) is 10.1 Å². The van der Waals surface area contributed by atoms with Gasteiger partial charge in [-0.05, 0) is 72.3 Å². The number of phenols is 1. The molecule has 0 spiro atoms. The number of benzene rings is 4. The molecular weight excluding hydrogens is 562 g/mol. The van der Waals surface area contributed by atoms with Gasteiger partial charge in [0.2, 0.25) is 5.91 Å². The van der Waals surface area contributed by atoms with Gasteiger partial charge in [-0.15, -0.1) is 0 Å². The molecule has 9 heteroatoms. The van der Waals surface area contributed by atoms with E-state index in [0.29, 0.717) is 28.4 Å². The average Bonchev–Trinajstić information content (AvgIpc) is 2.93. The van der Waals surface area contributed by atoms with E-state index in [1.165, 1.54) is 24.3 Å². The first kappa shape index (κ1) is 27.3. The highest BCUT2D eigenvalue weighted by Crippen LogP contribution is 2.29. The molecular formula is C30H26BrN3O5. The number of ether oxygens (including phenoxy) is 2. The van der Waals surface area contributed by atoms with Gasteiger partial charge in [-0.1, -0.05) is 58.4 Å². The summed E-state index contributed by atoms with van der Waals surface area (Å²) in [5.74, 6) is 0.103. The number of hydrogen-bond donors (Lipinski definition) is 4. The average molecular weight is 588 g/mol. The van der Waals surface area contributed by atoms with Gasteiger partial charge >= 0.3 is 6.09 Å². The SMILES string of the molecule is Nc1ccccc1NC(=O)/C=C/[C@@H](Oc1ccccc1)[C@H](OC(=O)Nc1ccc(Br)cc1)c1ccc(O)cc1. The number of rotatable bonds is 9. The number of aromatic hydroxyl groups is 1. The molecule has 0 fully saturated rings. The van der Waals surface area contributed by atoms with Gasteiger partial charge in [0.05, 0.1) is 11.4 Å². The molecule has 0 aliphatic rings. The zero-order valence-corrected chi connectivity index (χ0v) is 22.2. The highest BCUT2D eigenvalue weighted by molar-refractivity contribution is 9.10. The lowest BCUT2D eigenvalue weighted by Crippen LogP contribution is -2.30. The summed E-state index contributed by atoms with van der Waals surface area (Å²) in [4.78, 5) is 25.7. The fraction of sp³-hybridized carbons (Fsp3) is 0.0667. The van der Waals surface area contributed by atoms with Crippen LogP contribution in [-0.4, -0.2) is 23.2 Å². The molecule has 2 atom stereocenters. The molecule has 5 N–H and O–H groups in total. The first-order valence-electron chi connectivity index (χ1n) is 11.9. The van der Waals surface area contributed by atoms with Crippen LogP contribution in [0.1, 0.15) is 11.7 Å². The Bertz CT molecular complexity index is 1430. The van der Waals surface area contributed by atoms with Crippen LogP contribution in [0.15, 0.2) is 120 Å². The molecule has 39 heavy (non-hydrogen) atoms. The summed E-state index contributed by atoms with van der Waals surface area (Å²) in [6.45, 7) is 0. The van der Waals surface area contributed by atoms with Gasteiger partial charge in [0, 0.05) is 16.2 Å². The molecule has 198 valence electrons. The van der Waals surface area contributed by atoms with Crippen molar-refractivity contribution in [1.29, 1.82) is 0 Å². The minimum absolute atomic E-state index is 0.0488. The number of nitrogens with two attached hydrogens (primary N) is 1. The van der Waals surface area contributed by atoms with Crippen molar-refractivity contribution in [3.8, 4) is 11.5 Å². The van der Waals surface area contributed by atoms with Gasteiger partial charge in [-0.2, -0.15) is 0 Å². The molecule has 0 aliphatic carbocycles. The summed E-state index contributed by atoms with van der Waals surface area (Å²) < 4.78 is 12.9. The van der Waals surface area contributed by atoms with E-state index >= 15 is 0 Å². The molecule has 4 aromatic rings. The number of hydrogen-bond acceptors (Lipinski definition) is 6. The molecule has 4 rings (SSSR count). The van der Waals surface area contributed by atoms with E-state index in [4.69, 9.17) is 15.2 Å². The van der Waals surface area contributed by atoms with Crippen molar-refractivity contribution in [2.75, 3.05) is 16.4 Å². The number of para-hydroxylation sites is 3. The van der Waals surface area contributed by atoms with Crippen LogP contribution in [0.4, 0.5) is 21.9 Å². The fourth-order valence-electron chi connectivity index (χ4n) is 3.61. The Morgan fingerprint density at radius 2 is 1.51 bits per heavy atom. The first-order chi connectivity index (χ1) is 18.9. The number of amides is 2. The van der Waals surface area contributed by atoms with E-state index in [2.05, 4.69) is 26.6 Å². The summed E-state index contributed by atoms with van der Waals surface area (Å²) in [6, 6.07) is 29.1.